The third-order valence-corrected chi connectivity index (χ3v) is 15.6. The van der Waals surface area contributed by atoms with E-state index in [1.165, 1.54) is 28.7 Å². The van der Waals surface area contributed by atoms with Gasteiger partial charge in [0.2, 0.25) is 23.6 Å². The number of nitrogens with one attached hydrogen (secondary N) is 2. The zero-order chi connectivity index (χ0) is 46.5. The van der Waals surface area contributed by atoms with Gasteiger partial charge in [-0.3, -0.25) is 34.2 Å². The molecule has 352 valence electrons. The number of imide groups is 1. The van der Waals surface area contributed by atoms with Crippen LogP contribution in [0.3, 0.4) is 0 Å². The number of rotatable bonds is 13. The third kappa shape index (κ3) is 11.6. The number of alkyl carbamates (subject to hydrolysis) is 1. The third-order valence-electron chi connectivity index (χ3n) is 13.8. The largest absolute Gasteiger partial charge is 0.446 e. The van der Waals surface area contributed by atoms with Crippen LogP contribution in [0.5, 0.6) is 0 Å². The van der Waals surface area contributed by atoms with Gasteiger partial charge in [0.05, 0.1) is 27.7 Å². The van der Waals surface area contributed by atoms with Gasteiger partial charge in [0.25, 0.3) is 0 Å². The normalized spacial score (nSPS) is 33.7. The highest BCUT2D eigenvalue weighted by molar-refractivity contribution is 8.00. The van der Waals surface area contributed by atoms with Gasteiger partial charge < -0.3 is 34.3 Å². The van der Waals surface area contributed by atoms with Crippen molar-refractivity contribution in [3.8, 4) is 0 Å². The Hall–Kier alpha value is -3.80. The van der Waals surface area contributed by atoms with Crippen LogP contribution in [0.4, 0.5) is 10.5 Å². The number of ketones is 1. The number of carbonyl (C=O) groups excluding carboxylic acids is 6. The molecule has 64 heavy (non-hydrogen) atoms. The van der Waals surface area contributed by atoms with Crippen LogP contribution in [0.2, 0.25) is 5.02 Å². The summed E-state index contributed by atoms with van der Waals surface area (Å²) in [5.41, 5.74) is 0.524. The number of epoxide rings is 1. The first-order chi connectivity index (χ1) is 30.4. The zero-order valence-corrected chi connectivity index (χ0v) is 39.7. The Labute approximate surface area is 385 Å². The summed E-state index contributed by atoms with van der Waals surface area (Å²) in [6.07, 6.45) is 6.65. The summed E-state index contributed by atoms with van der Waals surface area (Å²) in [5.74, 6) is -1.05. The van der Waals surface area contributed by atoms with Crippen molar-refractivity contribution in [3.05, 3.63) is 52.1 Å². The molecule has 5 amide bonds. The second-order valence-corrected chi connectivity index (χ2v) is 20.2. The Morgan fingerprint density at radius 2 is 1.83 bits per heavy atom. The van der Waals surface area contributed by atoms with Crippen molar-refractivity contribution >= 4 is 64.6 Å². The minimum absolute atomic E-state index is 0.00578. The monoisotopic (exact) mass is 928 g/mol. The number of carbonyl (C=O) groups is 6. The summed E-state index contributed by atoms with van der Waals surface area (Å²) in [7, 11) is 4.77. The van der Waals surface area contributed by atoms with E-state index in [0.29, 0.717) is 35.8 Å². The first-order valence-electron chi connectivity index (χ1n) is 22.5. The lowest BCUT2D eigenvalue weighted by atomic mass is 9.78. The molecule has 4 aliphatic heterocycles. The van der Waals surface area contributed by atoms with Crippen molar-refractivity contribution < 1.29 is 52.8 Å². The molecular weight excluding hydrogens is 864 g/mol. The van der Waals surface area contributed by atoms with Crippen LogP contribution in [-0.4, -0.2) is 127 Å². The van der Waals surface area contributed by atoms with E-state index in [9.17, 15) is 33.9 Å². The van der Waals surface area contributed by atoms with Crippen LogP contribution in [0, 0.1) is 30.6 Å². The molecule has 1 aromatic rings. The van der Waals surface area contributed by atoms with Crippen molar-refractivity contribution in [1.29, 1.82) is 0 Å². The van der Waals surface area contributed by atoms with Gasteiger partial charge in [-0.1, -0.05) is 48.4 Å². The number of thioether (sulfide) groups is 1. The molecule has 15 nitrogen and oxygen atoms in total. The summed E-state index contributed by atoms with van der Waals surface area (Å²) in [5, 5.41) is 17.0. The van der Waals surface area contributed by atoms with Crippen LogP contribution < -0.4 is 15.5 Å². The lowest BCUT2D eigenvalue weighted by Gasteiger charge is -2.42. The lowest BCUT2D eigenvalue weighted by Crippen LogP contribution is -2.63. The van der Waals surface area contributed by atoms with Crippen LogP contribution in [-0.2, 0) is 49.3 Å². The lowest BCUT2D eigenvalue weighted by molar-refractivity contribution is -0.142. The molecule has 8 atom stereocenters. The molecule has 1 aromatic carbocycles. The fourth-order valence-electron chi connectivity index (χ4n) is 9.83. The van der Waals surface area contributed by atoms with Crippen molar-refractivity contribution in [2.45, 2.75) is 127 Å². The summed E-state index contributed by atoms with van der Waals surface area (Å²) >= 11 is 8.24. The van der Waals surface area contributed by atoms with Crippen LogP contribution in [0.25, 0.3) is 0 Å². The molecule has 4 fully saturated rings. The van der Waals surface area contributed by atoms with E-state index < -0.39 is 52.8 Å². The van der Waals surface area contributed by atoms with E-state index in [0.717, 1.165) is 42.4 Å². The molecule has 6 rings (SSSR count). The van der Waals surface area contributed by atoms with Gasteiger partial charge in [0.1, 0.15) is 18.8 Å². The molecule has 0 spiro atoms. The summed E-state index contributed by atoms with van der Waals surface area (Å²) < 4.78 is 23.6. The van der Waals surface area contributed by atoms with E-state index in [4.69, 9.17) is 30.5 Å². The quantitative estimate of drug-likeness (QED) is 0.129. The number of methoxy groups -OCH3 is 1. The highest BCUT2D eigenvalue weighted by Gasteiger charge is 2.63. The van der Waals surface area contributed by atoms with Crippen LogP contribution >= 0.6 is 23.4 Å². The topological polar surface area (TPSA) is 193 Å². The van der Waals surface area contributed by atoms with Crippen LogP contribution in [0.15, 0.2) is 35.9 Å². The molecule has 17 heteroatoms. The Kier molecular flexibility index (Phi) is 16.5. The van der Waals surface area contributed by atoms with Gasteiger partial charge in [0, 0.05) is 77.8 Å². The number of benzene rings is 1. The first-order valence-corrected chi connectivity index (χ1v) is 23.9. The maximum Gasteiger partial charge on any atom is 0.409 e. The average molecular weight is 930 g/mol. The fourth-order valence-corrected chi connectivity index (χ4v) is 11.2. The summed E-state index contributed by atoms with van der Waals surface area (Å²) in [4.78, 5) is 81.7. The number of ether oxygens (including phenoxy) is 4. The highest BCUT2D eigenvalue weighted by atomic mass is 35.5. The molecule has 4 heterocycles. The Morgan fingerprint density at radius 1 is 1.09 bits per heavy atom. The fraction of sp³-hybridized carbons (Fsp3) is 0.660. The number of hydrogen-bond donors (Lipinski definition) is 3. The Balaban J connectivity index is 1.08. The van der Waals surface area contributed by atoms with E-state index in [1.54, 1.807) is 26.2 Å². The first kappa shape index (κ1) is 49.6. The molecule has 3 saturated heterocycles. The number of Topliss-reactive ketones (excluding diaryl/α,β-unsaturated/α-hetero) is 1. The van der Waals surface area contributed by atoms with E-state index >= 15 is 0 Å². The maximum atomic E-state index is 14.2. The molecule has 5 aliphatic rings. The van der Waals surface area contributed by atoms with Crippen molar-refractivity contribution in [2.24, 2.45) is 23.7 Å². The Bertz CT molecular complexity index is 2010. The van der Waals surface area contributed by atoms with Crippen molar-refractivity contribution in [1.82, 2.24) is 15.5 Å². The highest BCUT2D eigenvalue weighted by Crippen LogP contribution is 2.52. The number of likely N-dealkylation sites (tertiary alicyclic amines) is 1. The predicted octanol–water partition coefficient (Wildman–Crippen LogP) is 5.45. The summed E-state index contributed by atoms with van der Waals surface area (Å²) in [6.45, 7) is 8.04. The number of hydrogen-bond acceptors (Lipinski definition) is 12. The predicted molar refractivity (Wildman–Crippen MR) is 243 cm³/mol. The molecule has 1 aliphatic carbocycles. The van der Waals surface area contributed by atoms with Gasteiger partial charge in [-0.2, -0.15) is 0 Å². The number of anilines is 1. The molecular formula is C47H65ClN4O11S. The number of halogens is 1. The van der Waals surface area contributed by atoms with Gasteiger partial charge in [-0.05, 0) is 88.2 Å². The molecule has 4 bridgehead atoms. The standard InChI is InChI=1S/C47H65ClN4O11S/c1-27-10-8-11-38(60-7)47(59)24-36(62-45(58)50-47)29(3)42-46(4,63-42)33(22-39(54)51(6)35-20-31(18-27)19-28(2)41(35)48)21-34(53)26-61-16-9-17-64-37-23-40(55)52(44(37)57)25-30-12-14-32(15-13-30)43(56)49-5/h8,10-11,19-20,29-30,32-33,36-38,42,59H,9,12-18,21-26H2,1-7H3,(H,49,56)(H,50,58)/b11-8+,27-10+/t29-,30-,32-,33+,36+,37?,38-,42+,46+,47+/m1/s1. The van der Waals surface area contributed by atoms with E-state index in [2.05, 4.69) is 10.6 Å². The summed E-state index contributed by atoms with van der Waals surface area (Å²) in [6, 6.07) is 3.87. The van der Waals surface area contributed by atoms with E-state index in [-0.39, 0.29) is 80.1 Å². The number of allylic oxidation sites excluding steroid dienone is 3. The number of aryl methyl sites for hydroxylation is 1. The van der Waals surface area contributed by atoms with Gasteiger partial charge in [-0.25, -0.2) is 4.79 Å². The molecule has 1 unspecified atom stereocenters. The van der Waals surface area contributed by atoms with Crippen molar-refractivity contribution in [3.63, 3.8) is 0 Å². The van der Waals surface area contributed by atoms with E-state index in [1.807, 2.05) is 45.9 Å². The number of aliphatic hydroxyl groups is 1. The number of fused-ring (bicyclic) bond motifs is 5. The van der Waals surface area contributed by atoms with Gasteiger partial charge in [-0.15, -0.1) is 11.8 Å². The zero-order valence-electron chi connectivity index (χ0n) is 38.1. The van der Waals surface area contributed by atoms with Crippen LogP contribution in [0.1, 0.15) is 89.7 Å². The average Bonchev–Trinajstić information content (AvgIpc) is 3.88. The Morgan fingerprint density at radius 3 is 2.53 bits per heavy atom. The van der Waals surface area contributed by atoms with Gasteiger partial charge >= 0.3 is 6.09 Å². The second-order valence-electron chi connectivity index (χ2n) is 18.5. The van der Waals surface area contributed by atoms with Gasteiger partial charge in [0.15, 0.2) is 11.5 Å². The second kappa shape index (κ2) is 21.2. The molecule has 1 saturated carbocycles. The molecule has 0 radical (unpaired) electrons. The van der Waals surface area contributed by atoms with Crippen molar-refractivity contribution in [2.75, 3.05) is 51.6 Å². The number of amides is 5. The minimum Gasteiger partial charge on any atom is -0.446 e. The smallest absolute Gasteiger partial charge is 0.409 e. The molecule has 0 aromatic heterocycles. The number of nitrogens with zero attached hydrogens (tertiary/aromatic N) is 2. The SMILES string of the molecule is CNC(=O)[C@H]1CC[C@H](CN2C(=O)CC(SCCCOCC(=O)C[C@H]3CC(=O)N(C)c4cc(cc(C)c4Cl)C/C(C)=C/C=C/[C@@H](OC)[C@@]4(O)C[C@H](OC(=O)N4)[C@@H](C)[C@@H]4O[C@@]34C)C2=O)CC1. The minimum atomic E-state index is -1.79. The molecule has 3 N–H and O–H groups in total. The maximum absolute atomic E-state index is 14.2.